The minimum atomic E-state index is -3.30. The van der Waals surface area contributed by atoms with E-state index in [0.29, 0.717) is 28.2 Å². The number of nitrogens with zero attached hydrogens (tertiary/aromatic N) is 1. The number of H-pyrrole nitrogens is 2. The van der Waals surface area contributed by atoms with E-state index < -0.39 is 9.84 Å². The Kier molecular flexibility index (Phi) is 4.41. The molecule has 8 heteroatoms. The lowest BCUT2D eigenvalue weighted by molar-refractivity contribution is 0.318. The molecule has 7 nitrogen and oxygen atoms in total. The first-order valence-corrected chi connectivity index (χ1v) is 10.1. The summed E-state index contributed by atoms with van der Waals surface area (Å²) in [5, 5.41) is 0.826. The van der Waals surface area contributed by atoms with Crippen molar-refractivity contribution >= 4 is 31.9 Å². The number of nitrogens with one attached hydrogen (secondary N) is 2. The van der Waals surface area contributed by atoms with Gasteiger partial charge < -0.3 is 9.72 Å². The predicted molar refractivity (Wildman–Crippen MR) is 103 cm³/mol. The van der Waals surface area contributed by atoms with Crippen LogP contribution in [0, 0.1) is 0 Å². The number of pyridine rings is 1. The summed E-state index contributed by atoms with van der Waals surface area (Å²) in [6.07, 6.45) is 0.387. The highest BCUT2D eigenvalue weighted by Gasteiger charge is 2.13. The Balaban J connectivity index is 1.43. The Morgan fingerprint density at radius 1 is 1.00 bits per heavy atom. The lowest BCUT2D eigenvalue weighted by Gasteiger charge is -2.08. The summed E-state index contributed by atoms with van der Waals surface area (Å²) in [5.41, 5.74) is 1.56. The molecule has 2 N–H and O–H groups in total. The Labute approximate surface area is 154 Å². The van der Waals surface area contributed by atoms with Crippen LogP contribution in [-0.4, -0.2) is 35.7 Å². The van der Waals surface area contributed by atoms with E-state index >= 15 is 0 Å². The van der Waals surface area contributed by atoms with Gasteiger partial charge in [-0.3, -0.25) is 4.98 Å². The zero-order chi connectivity index (χ0) is 18.9. The number of hydrogen-bond donors (Lipinski definition) is 2. The molecule has 2 aromatic carbocycles. The summed E-state index contributed by atoms with van der Waals surface area (Å²) in [4.78, 5) is 21.4. The average molecular weight is 383 g/mol. The minimum Gasteiger partial charge on any atom is -0.494 e. The van der Waals surface area contributed by atoms with Crippen molar-refractivity contribution in [1.29, 1.82) is 0 Å². The molecular formula is C19H17N3O4S. The fraction of sp³-hybridized carbons (Fsp3) is 0.158. The number of fused-ring (bicyclic) bond motifs is 2. The van der Waals surface area contributed by atoms with E-state index in [1.54, 1.807) is 42.5 Å². The fourth-order valence-electron chi connectivity index (χ4n) is 2.88. The van der Waals surface area contributed by atoms with Crippen LogP contribution in [0.2, 0.25) is 0 Å². The monoisotopic (exact) mass is 383 g/mol. The van der Waals surface area contributed by atoms with Crippen molar-refractivity contribution in [2.45, 2.75) is 11.3 Å². The van der Waals surface area contributed by atoms with E-state index in [-0.39, 0.29) is 18.0 Å². The van der Waals surface area contributed by atoms with Gasteiger partial charge >= 0.3 is 5.69 Å². The first kappa shape index (κ1) is 17.3. The van der Waals surface area contributed by atoms with Crippen LogP contribution in [0.5, 0.6) is 5.75 Å². The number of ether oxygens (including phenoxy) is 1. The number of imidazole rings is 1. The second-order valence-corrected chi connectivity index (χ2v) is 8.26. The van der Waals surface area contributed by atoms with Gasteiger partial charge in [-0.2, -0.15) is 0 Å². The highest BCUT2D eigenvalue weighted by molar-refractivity contribution is 7.91. The molecule has 2 aromatic heterocycles. The van der Waals surface area contributed by atoms with Crippen molar-refractivity contribution in [3.05, 3.63) is 65.1 Å². The largest absolute Gasteiger partial charge is 0.494 e. The predicted octanol–water partition coefficient (Wildman–Crippen LogP) is 2.65. The zero-order valence-corrected chi connectivity index (χ0v) is 15.1. The quantitative estimate of drug-likeness (QED) is 0.498. The molecule has 2 heterocycles. The highest BCUT2D eigenvalue weighted by Crippen LogP contribution is 2.22. The zero-order valence-electron chi connectivity index (χ0n) is 14.3. The Morgan fingerprint density at radius 2 is 1.81 bits per heavy atom. The van der Waals surface area contributed by atoms with Gasteiger partial charge in [-0.05, 0) is 42.8 Å². The van der Waals surface area contributed by atoms with Crippen LogP contribution in [0.4, 0.5) is 0 Å². The standard InChI is InChI=1S/C19H17N3O4S/c23-19-21-17-12-13-11-14(7-8-16(13)20-18(17)22-19)26-9-4-10-27(24,25)15-5-2-1-3-6-15/h1-3,5-8,11-12H,4,9-10H2,(H2,20,21,22,23). The third kappa shape index (κ3) is 3.70. The van der Waals surface area contributed by atoms with Gasteiger partial charge in [0, 0.05) is 5.39 Å². The average Bonchev–Trinajstić information content (AvgIpc) is 3.02. The second kappa shape index (κ2) is 6.88. The fourth-order valence-corrected chi connectivity index (χ4v) is 4.19. The van der Waals surface area contributed by atoms with E-state index in [4.69, 9.17) is 4.74 Å². The third-order valence-electron chi connectivity index (χ3n) is 4.19. The molecule has 0 fully saturated rings. The molecule has 27 heavy (non-hydrogen) atoms. The summed E-state index contributed by atoms with van der Waals surface area (Å²) in [6, 6.07) is 15.6. The van der Waals surface area contributed by atoms with Crippen molar-refractivity contribution in [2.75, 3.05) is 12.4 Å². The number of hydrogen-bond acceptors (Lipinski definition) is 5. The smallest absolute Gasteiger partial charge is 0.325 e. The molecule has 0 saturated carbocycles. The first-order chi connectivity index (χ1) is 13.0. The van der Waals surface area contributed by atoms with Crippen LogP contribution < -0.4 is 10.4 Å². The van der Waals surface area contributed by atoms with E-state index in [1.165, 1.54) is 0 Å². The number of sulfone groups is 1. The van der Waals surface area contributed by atoms with Crippen molar-refractivity contribution in [2.24, 2.45) is 0 Å². The number of rotatable bonds is 6. The maximum Gasteiger partial charge on any atom is 0.325 e. The molecule has 0 amide bonds. The van der Waals surface area contributed by atoms with E-state index in [1.807, 2.05) is 12.1 Å². The minimum absolute atomic E-state index is 0.0252. The van der Waals surface area contributed by atoms with Gasteiger partial charge in [-0.25, -0.2) is 18.2 Å². The van der Waals surface area contributed by atoms with E-state index in [0.717, 1.165) is 10.9 Å². The SMILES string of the molecule is O=c1[nH]c2cc3cc(OCCCS(=O)(=O)c4ccccc4)ccc3nc2[nH]1. The van der Waals surface area contributed by atoms with Crippen LogP contribution in [0.15, 0.2) is 64.3 Å². The second-order valence-electron chi connectivity index (χ2n) is 6.15. The first-order valence-electron chi connectivity index (χ1n) is 8.45. The van der Waals surface area contributed by atoms with Gasteiger partial charge in [0.2, 0.25) is 0 Å². The van der Waals surface area contributed by atoms with Crippen molar-refractivity contribution in [3.63, 3.8) is 0 Å². The van der Waals surface area contributed by atoms with Crippen molar-refractivity contribution in [3.8, 4) is 5.75 Å². The molecule has 0 aliphatic carbocycles. The van der Waals surface area contributed by atoms with Crippen LogP contribution in [-0.2, 0) is 9.84 Å². The Hall–Kier alpha value is -3.13. The number of benzene rings is 2. The van der Waals surface area contributed by atoms with Gasteiger partial charge in [0.25, 0.3) is 0 Å². The number of aromatic nitrogens is 3. The van der Waals surface area contributed by atoms with Crippen LogP contribution in [0.3, 0.4) is 0 Å². The lowest BCUT2D eigenvalue weighted by Crippen LogP contribution is -2.10. The summed E-state index contributed by atoms with van der Waals surface area (Å²) in [5.74, 6) is 0.649. The molecular weight excluding hydrogens is 366 g/mol. The van der Waals surface area contributed by atoms with E-state index in [9.17, 15) is 13.2 Å². The molecule has 0 atom stereocenters. The van der Waals surface area contributed by atoms with Crippen LogP contribution in [0.1, 0.15) is 6.42 Å². The Bertz CT molecular complexity index is 1260. The Morgan fingerprint density at radius 3 is 2.63 bits per heavy atom. The molecule has 0 bridgehead atoms. The molecule has 0 unspecified atom stereocenters. The van der Waals surface area contributed by atoms with Gasteiger partial charge in [-0.15, -0.1) is 0 Å². The van der Waals surface area contributed by atoms with Gasteiger partial charge in [0.05, 0.1) is 28.3 Å². The molecule has 0 aliphatic rings. The lowest BCUT2D eigenvalue weighted by atomic mass is 10.2. The van der Waals surface area contributed by atoms with Gasteiger partial charge in [0.1, 0.15) is 5.75 Å². The third-order valence-corrected chi connectivity index (χ3v) is 6.01. The van der Waals surface area contributed by atoms with Crippen molar-refractivity contribution < 1.29 is 13.2 Å². The molecule has 4 aromatic rings. The molecule has 0 aliphatic heterocycles. The molecule has 4 rings (SSSR count). The van der Waals surface area contributed by atoms with Crippen LogP contribution in [0.25, 0.3) is 22.1 Å². The highest BCUT2D eigenvalue weighted by atomic mass is 32.2. The van der Waals surface area contributed by atoms with Gasteiger partial charge in [-0.1, -0.05) is 18.2 Å². The molecule has 138 valence electrons. The maximum atomic E-state index is 12.2. The number of aromatic amines is 2. The molecule has 0 spiro atoms. The summed E-state index contributed by atoms with van der Waals surface area (Å²) in [7, 11) is -3.30. The summed E-state index contributed by atoms with van der Waals surface area (Å²) >= 11 is 0. The van der Waals surface area contributed by atoms with Crippen LogP contribution >= 0.6 is 0 Å². The summed E-state index contributed by atoms with van der Waals surface area (Å²) in [6.45, 7) is 0.286. The molecule has 0 saturated heterocycles. The van der Waals surface area contributed by atoms with E-state index in [2.05, 4.69) is 15.0 Å². The van der Waals surface area contributed by atoms with Crippen molar-refractivity contribution in [1.82, 2.24) is 15.0 Å². The maximum absolute atomic E-state index is 12.2. The summed E-state index contributed by atoms with van der Waals surface area (Å²) < 4.78 is 30.2. The molecule has 0 radical (unpaired) electrons. The normalized spacial score (nSPS) is 11.9. The van der Waals surface area contributed by atoms with Gasteiger partial charge in [0.15, 0.2) is 15.5 Å². The topological polar surface area (TPSA) is 105 Å².